The number of aliphatic hydroxyl groups is 3. The maximum atomic E-state index is 14.1. The summed E-state index contributed by atoms with van der Waals surface area (Å²) in [4.78, 5) is 54.6. The van der Waals surface area contributed by atoms with Gasteiger partial charge in [-0.05, 0) is 36.9 Å². The lowest BCUT2D eigenvalue weighted by atomic mass is 9.60. The molecule has 0 unspecified atom stereocenters. The summed E-state index contributed by atoms with van der Waals surface area (Å²) in [5.74, 6) is -6.21. The molecule has 248 valence electrons. The van der Waals surface area contributed by atoms with E-state index in [1.54, 1.807) is 6.92 Å². The van der Waals surface area contributed by atoms with Crippen molar-refractivity contribution in [3.05, 3.63) is 46.2 Å². The summed E-state index contributed by atoms with van der Waals surface area (Å²) in [7, 11) is 5.81. The zero-order valence-corrected chi connectivity index (χ0v) is 26.0. The minimum Gasteiger partial charge on any atom is -0.507 e. The highest BCUT2D eigenvalue weighted by Crippen LogP contribution is 2.50. The largest absolute Gasteiger partial charge is 0.507 e. The minimum atomic E-state index is -3.19. The summed E-state index contributed by atoms with van der Waals surface area (Å²) in [6.45, 7) is 3.06. The number of esters is 1. The Kier molecular flexibility index (Phi) is 8.49. The number of ether oxygens (including phenoxy) is 7. The first-order valence-corrected chi connectivity index (χ1v) is 14.0. The molecule has 1 heterocycles. The molecule has 15 heteroatoms. The van der Waals surface area contributed by atoms with E-state index in [1.165, 1.54) is 27.2 Å². The van der Waals surface area contributed by atoms with E-state index in [4.69, 9.17) is 33.2 Å². The van der Waals surface area contributed by atoms with Crippen molar-refractivity contribution < 1.29 is 72.8 Å². The van der Waals surface area contributed by atoms with Crippen LogP contribution in [0.2, 0.25) is 0 Å². The highest BCUT2D eigenvalue weighted by Gasteiger charge is 2.74. The first-order valence-electron chi connectivity index (χ1n) is 14.0. The number of rotatable bonds is 7. The highest BCUT2D eigenvalue weighted by atomic mass is 16.7. The first kappa shape index (κ1) is 33.4. The third-order valence-corrected chi connectivity index (χ3v) is 9.05. The lowest BCUT2D eigenvalue weighted by Crippen LogP contribution is -2.77. The average molecular weight is 647 g/mol. The van der Waals surface area contributed by atoms with Crippen molar-refractivity contribution in [3.8, 4) is 11.5 Å². The monoisotopic (exact) mass is 646 g/mol. The van der Waals surface area contributed by atoms with E-state index < -0.39 is 94.0 Å². The summed E-state index contributed by atoms with van der Waals surface area (Å²) < 4.78 is 38.0. The molecule has 0 spiro atoms. The Balaban J connectivity index is 1.76. The molecule has 0 amide bonds. The summed E-state index contributed by atoms with van der Waals surface area (Å²) in [6, 6.07) is 2.39. The van der Waals surface area contributed by atoms with E-state index in [-0.39, 0.29) is 27.6 Å². The number of benzene rings is 2. The minimum absolute atomic E-state index is 0.0388. The highest BCUT2D eigenvalue weighted by molar-refractivity contribution is 6.35. The number of methoxy groups -OCH3 is 5. The molecule has 3 aliphatic rings. The number of aryl methyl sites for hydroxylation is 1. The molecule has 2 aromatic carbocycles. The Morgan fingerprint density at radius 3 is 2.20 bits per heavy atom. The van der Waals surface area contributed by atoms with Gasteiger partial charge in [0, 0.05) is 38.4 Å². The molecule has 0 aromatic heterocycles. The van der Waals surface area contributed by atoms with Crippen molar-refractivity contribution in [3.63, 3.8) is 0 Å². The Labute approximate surface area is 262 Å². The predicted octanol–water partition coefficient (Wildman–Crippen LogP) is 0.124. The molecule has 0 radical (unpaired) electrons. The van der Waals surface area contributed by atoms with Crippen molar-refractivity contribution in [2.75, 3.05) is 35.5 Å². The van der Waals surface area contributed by atoms with E-state index in [0.717, 1.165) is 33.5 Å². The third-order valence-electron chi connectivity index (χ3n) is 9.05. The maximum absolute atomic E-state index is 14.1. The van der Waals surface area contributed by atoms with Gasteiger partial charge in [-0.2, -0.15) is 0 Å². The van der Waals surface area contributed by atoms with Gasteiger partial charge in [-0.25, -0.2) is 4.79 Å². The van der Waals surface area contributed by atoms with Gasteiger partial charge in [-0.3, -0.25) is 14.4 Å². The topological polar surface area (TPSA) is 214 Å². The zero-order chi connectivity index (χ0) is 34.0. The van der Waals surface area contributed by atoms with Crippen LogP contribution in [0.15, 0.2) is 24.0 Å². The van der Waals surface area contributed by atoms with Crippen LogP contribution in [0.1, 0.15) is 43.6 Å². The van der Waals surface area contributed by atoms with Crippen molar-refractivity contribution in [1.29, 1.82) is 0 Å². The zero-order valence-electron chi connectivity index (χ0n) is 26.0. The van der Waals surface area contributed by atoms with E-state index in [9.17, 15) is 39.6 Å². The van der Waals surface area contributed by atoms with Crippen LogP contribution in [0.3, 0.4) is 0 Å². The summed E-state index contributed by atoms with van der Waals surface area (Å²) in [6.07, 6.45) is -6.52. The van der Waals surface area contributed by atoms with Gasteiger partial charge in [-0.15, -0.1) is 0 Å². The SMILES string of the molecule is COC(=O)c1c(O[C@@H]2O[C@H](C)[C@H](OC)[C@@H](O)[C@H]2OC)cc2cc3c(c(O)c2c1C)C(=O)[C@]1(OC)C(=O)C=C(OC)[C@H](O)[C@]1(O)C3=O. The molecule has 0 bridgehead atoms. The number of ketones is 3. The molecule has 2 aromatic rings. The van der Waals surface area contributed by atoms with Crippen molar-refractivity contribution in [2.45, 2.75) is 61.9 Å². The molecule has 46 heavy (non-hydrogen) atoms. The Morgan fingerprint density at radius 2 is 1.63 bits per heavy atom. The second kappa shape index (κ2) is 11.7. The van der Waals surface area contributed by atoms with Gasteiger partial charge in [-0.1, -0.05) is 0 Å². The third kappa shape index (κ3) is 4.24. The van der Waals surface area contributed by atoms with Crippen LogP contribution in [0.4, 0.5) is 0 Å². The van der Waals surface area contributed by atoms with Gasteiger partial charge >= 0.3 is 5.97 Å². The fourth-order valence-corrected chi connectivity index (χ4v) is 6.74. The fourth-order valence-electron chi connectivity index (χ4n) is 6.74. The number of phenols is 1. The molecule has 8 atom stereocenters. The second-order valence-corrected chi connectivity index (χ2v) is 11.2. The van der Waals surface area contributed by atoms with E-state index in [1.807, 2.05) is 0 Å². The number of fused-ring (bicyclic) bond motifs is 3. The van der Waals surface area contributed by atoms with Crippen molar-refractivity contribution >= 4 is 34.1 Å². The second-order valence-electron chi connectivity index (χ2n) is 11.2. The lowest BCUT2D eigenvalue weighted by molar-refractivity contribution is -0.278. The van der Waals surface area contributed by atoms with Crippen LogP contribution in [0.5, 0.6) is 11.5 Å². The van der Waals surface area contributed by atoms with Crippen LogP contribution in [-0.2, 0) is 33.2 Å². The van der Waals surface area contributed by atoms with Gasteiger partial charge in [0.2, 0.25) is 34.8 Å². The molecule has 1 saturated heterocycles. The molecular formula is C31H34O15. The predicted molar refractivity (Wildman–Crippen MR) is 154 cm³/mol. The average Bonchev–Trinajstić information content (AvgIpc) is 3.01. The van der Waals surface area contributed by atoms with Crippen LogP contribution >= 0.6 is 0 Å². The maximum Gasteiger partial charge on any atom is 0.341 e. The van der Waals surface area contributed by atoms with Crippen molar-refractivity contribution in [1.82, 2.24) is 0 Å². The van der Waals surface area contributed by atoms with E-state index in [2.05, 4.69) is 0 Å². The number of aromatic hydroxyl groups is 1. The molecule has 0 saturated carbocycles. The lowest BCUT2D eigenvalue weighted by Gasteiger charge is -2.49. The molecule has 1 aliphatic heterocycles. The smallest absolute Gasteiger partial charge is 0.341 e. The fraction of sp³-hybridized carbons (Fsp3) is 0.484. The molecule has 15 nitrogen and oxygen atoms in total. The number of hydrogen-bond acceptors (Lipinski definition) is 15. The van der Waals surface area contributed by atoms with Gasteiger partial charge in [0.25, 0.3) is 0 Å². The van der Waals surface area contributed by atoms with Crippen LogP contribution in [0.25, 0.3) is 10.8 Å². The van der Waals surface area contributed by atoms with Crippen molar-refractivity contribution in [2.24, 2.45) is 0 Å². The number of carbonyl (C=O) groups is 4. The van der Waals surface area contributed by atoms with E-state index >= 15 is 0 Å². The van der Waals surface area contributed by atoms with Gasteiger partial charge in [0.1, 0.15) is 41.1 Å². The summed E-state index contributed by atoms with van der Waals surface area (Å²) >= 11 is 0. The summed E-state index contributed by atoms with van der Waals surface area (Å²) in [5, 5.41) is 45.1. The Hall–Kier alpha value is -3.96. The number of hydrogen-bond donors (Lipinski definition) is 4. The van der Waals surface area contributed by atoms with E-state index in [0.29, 0.717) is 0 Å². The Bertz CT molecular complexity index is 1680. The first-order chi connectivity index (χ1) is 21.7. The molecule has 2 aliphatic carbocycles. The number of phenolic OH excluding ortho intramolecular Hbond substituents is 1. The Morgan fingerprint density at radius 1 is 0.978 bits per heavy atom. The standard InChI is InChI=1S/C31H34O15/c1-11-18-13(9-15(19(11)28(38)43-6)46-29-24(42-5)22(34)23(41-4)12(2)45-29)8-14-20(21(18)33)27(37)31(44-7)17(32)10-16(40-3)26(36)30(31,39)25(14)35/h8-10,12,22-24,26,29,33-34,36,39H,1-7H3/t12-,22-,23+,24-,26+,29+,30-,31-/m1/s1. The van der Waals surface area contributed by atoms with Crippen LogP contribution in [0, 0.1) is 6.92 Å². The van der Waals surface area contributed by atoms with Gasteiger partial charge in [0.05, 0.1) is 25.9 Å². The van der Waals surface area contributed by atoms with Gasteiger partial charge in [0.15, 0.2) is 6.10 Å². The molecular weight excluding hydrogens is 612 g/mol. The van der Waals surface area contributed by atoms with Crippen LogP contribution in [-0.4, -0.2) is 127 Å². The summed E-state index contributed by atoms with van der Waals surface area (Å²) in [5.41, 5.74) is -7.56. The molecule has 1 fully saturated rings. The normalized spacial score (nSPS) is 32.5. The molecule has 5 rings (SSSR count). The number of Topliss-reactive ketones (excluding diaryl/α,β-unsaturated/α-hetero) is 2. The number of carbonyl (C=O) groups excluding carboxylic acids is 4. The van der Waals surface area contributed by atoms with Crippen LogP contribution < -0.4 is 4.74 Å². The molecule has 4 N–H and O–H groups in total. The van der Waals surface area contributed by atoms with Gasteiger partial charge < -0.3 is 53.6 Å². The quantitative estimate of drug-likeness (QED) is 0.232. The number of aliphatic hydroxyl groups excluding tert-OH is 2.